The number of hydrogen-bond donors (Lipinski definition) is 1. The SMILES string of the molecule is C#CCCOC(=O)N1CCc2c([nH]c3ccc([ClH+])cc23)C1c1ccc(OCC2CCCN(C)C2)cc1. The lowest BCUT2D eigenvalue weighted by atomic mass is 9.92. The van der Waals surface area contributed by atoms with E-state index < -0.39 is 0 Å². The van der Waals surface area contributed by atoms with Crippen LogP contribution < -0.4 is 4.74 Å². The van der Waals surface area contributed by atoms with Gasteiger partial charge >= 0.3 is 6.09 Å². The van der Waals surface area contributed by atoms with Crippen molar-refractivity contribution in [1.29, 1.82) is 0 Å². The van der Waals surface area contributed by atoms with Crippen molar-refractivity contribution in [2.75, 3.05) is 39.9 Å². The summed E-state index contributed by atoms with van der Waals surface area (Å²) in [4.78, 5) is 20.8. The Hall–Kier alpha value is -3.14. The Morgan fingerprint density at radius 2 is 2.06 bits per heavy atom. The Bertz CT molecular complexity index is 1260. The second-order valence-electron chi connectivity index (χ2n) is 9.79. The predicted molar refractivity (Wildman–Crippen MR) is 138 cm³/mol. The zero-order chi connectivity index (χ0) is 25.1. The molecule has 1 N–H and O–H groups in total. The standard InChI is InChI=1S/C29H33ClN3O3/c1-3-4-16-35-29(34)33-15-13-24-25-17-22(30)9-12-26(25)31-27(24)28(33)21-7-10-23(11-8-21)36-19-20-6-5-14-32(2)18-20/h1,7-12,17,20,28,30-31H,4-6,13-16,18-19H2,2H3/q+1. The summed E-state index contributed by atoms with van der Waals surface area (Å²) in [6.07, 6.45) is 8.53. The molecule has 3 aromatic rings. The highest BCUT2D eigenvalue weighted by Gasteiger charge is 2.35. The second kappa shape index (κ2) is 10.9. The number of benzene rings is 2. The van der Waals surface area contributed by atoms with Gasteiger partial charge in [-0.2, -0.15) is 0 Å². The molecule has 36 heavy (non-hydrogen) atoms. The van der Waals surface area contributed by atoms with Gasteiger partial charge in [0.05, 0.1) is 6.61 Å². The van der Waals surface area contributed by atoms with Gasteiger partial charge in [-0.25, -0.2) is 4.79 Å². The smallest absolute Gasteiger partial charge is 0.410 e. The lowest BCUT2D eigenvalue weighted by Crippen LogP contribution is -2.41. The predicted octanol–water partition coefficient (Wildman–Crippen LogP) is 4.69. The van der Waals surface area contributed by atoms with Crippen LogP contribution in [0.4, 0.5) is 4.79 Å². The number of ether oxygens (including phenoxy) is 2. The van der Waals surface area contributed by atoms with Gasteiger partial charge in [-0.1, -0.05) is 12.1 Å². The third-order valence-electron chi connectivity index (χ3n) is 7.21. The third kappa shape index (κ3) is 5.18. The first-order chi connectivity index (χ1) is 17.5. The van der Waals surface area contributed by atoms with Crippen LogP contribution >= 0.6 is 0 Å². The molecule has 188 valence electrons. The van der Waals surface area contributed by atoms with E-state index in [9.17, 15) is 4.79 Å². The fourth-order valence-electron chi connectivity index (χ4n) is 5.46. The lowest BCUT2D eigenvalue weighted by Gasteiger charge is -2.35. The molecule has 2 atom stereocenters. The first-order valence-corrected chi connectivity index (χ1v) is 13.0. The number of carbonyl (C=O) groups is 1. The number of aromatic nitrogens is 1. The van der Waals surface area contributed by atoms with Gasteiger partial charge in [0.15, 0.2) is 11.6 Å². The highest BCUT2D eigenvalue weighted by molar-refractivity contribution is 5.86. The number of H-pyrrole nitrogens is 1. The van der Waals surface area contributed by atoms with Crippen LogP contribution in [0, 0.1) is 29.9 Å². The van der Waals surface area contributed by atoms with E-state index in [1.165, 1.54) is 18.4 Å². The number of likely N-dealkylation sites (tertiary alicyclic amines) is 1. The number of aromatic amines is 1. The van der Waals surface area contributed by atoms with Crippen LogP contribution in [0.25, 0.3) is 10.9 Å². The number of piperidine rings is 1. The maximum atomic E-state index is 13.1. The first kappa shape index (κ1) is 24.5. The number of halogens is 1. The largest absolute Gasteiger partial charge is 0.493 e. The molecule has 2 unspecified atom stereocenters. The van der Waals surface area contributed by atoms with Crippen LogP contribution in [0.5, 0.6) is 5.75 Å². The fourth-order valence-corrected chi connectivity index (χ4v) is 5.65. The van der Waals surface area contributed by atoms with Gasteiger partial charge in [-0.15, -0.1) is 12.3 Å². The van der Waals surface area contributed by atoms with E-state index in [0.29, 0.717) is 18.9 Å². The summed E-state index contributed by atoms with van der Waals surface area (Å²) in [5, 5.41) is 1.93. The lowest BCUT2D eigenvalue weighted by molar-refractivity contribution is -0.288. The van der Waals surface area contributed by atoms with E-state index in [4.69, 9.17) is 27.5 Å². The number of carbonyl (C=O) groups excluding carboxylic acids is 1. The number of fused-ring (bicyclic) bond motifs is 3. The van der Waals surface area contributed by atoms with Crippen molar-refractivity contribution in [3.05, 3.63) is 64.3 Å². The Labute approximate surface area is 217 Å². The number of hydrogen-bond acceptors (Lipinski definition) is 4. The van der Waals surface area contributed by atoms with Gasteiger partial charge in [0.25, 0.3) is 0 Å². The zero-order valence-corrected chi connectivity index (χ0v) is 21.5. The maximum absolute atomic E-state index is 13.1. The molecular weight excluding hydrogens is 474 g/mol. The van der Waals surface area contributed by atoms with Crippen molar-refractivity contribution in [3.63, 3.8) is 0 Å². The summed E-state index contributed by atoms with van der Waals surface area (Å²) in [5.41, 5.74) is 4.24. The van der Waals surface area contributed by atoms with Crippen LogP contribution in [-0.4, -0.2) is 60.8 Å². The van der Waals surface area contributed by atoms with Crippen LogP contribution in [0.1, 0.15) is 42.1 Å². The zero-order valence-electron chi connectivity index (χ0n) is 20.7. The van der Waals surface area contributed by atoms with Crippen molar-refractivity contribution in [1.82, 2.24) is 14.8 Å². The summed E-state index contributed by atoms with van der Waals surface area (Å²) in [5.74, 6) is 3.92. The number of rotatable bonds is 6. The third-order valence-corrected chi connectivity index (χ3v) is 7.46. The van der Waals surface area contributed by atoms with Gasteiger partial charge in [-0.05, 0) is 62.2 Å². The molecule has 2 aliphatic heterocycles. The average Bonchev–Trinajstić information content (AvgIpc) is 3.25. The van der Waals surface area contributed by atoms with Crippen molar-refractivity contribution in [3.8, 4) is 18.1 Å². The number of amides is 1. The number of nitrogens with one attached hydrogen (secondary N) is 1. The summed E-state index contributed by atoms with van der Waals surface area (Å²) in [6.45, 7) is 3.72. The monoisotopic (exact) mass is 506 g/mol. The van der Waals surface area contributed by atoms with Crippen molar-refractivity contribution >= 4 is 17.0 Å². The molecule has 1 aromatic heterocycles. The molecule has 0 aliphatic carbocycles. The van der Waals surface area contributed by atoms with Crippen molar-refractivity contribution in [2.45, 2.75) is 31.7 Å². The molecule has 2 aromatic carbocycles. The molecule has 3 heterocycles. The molecule has 2 aliphatic rings. The molecule has 1 fully saturated rings. The Balaban J connectivity index is 1.41. The number of terminal acetylenes is 1. The molecule has 0 bridgehead atoms. The molecule has 6 nitrogen and oxygen atoms in total. The molecule has 7 heteroatoms. The Morgan fingerprint density at radius 3 is 2.83 bits per heavy atom. The normalized spacial score (nSPS) is 20.1. The van der Waals surface area contributed by atoms with E-state index in [-0.39, 0.29) is 18.7 Å². The molecule has 5 rings (SSSR count). The van der Waals surface area contributed by atoms with Crippen LogP contribution in [0.3, 0.4) is 0 Å². The molecule has 1 saturated heterocycles. The summed E-state index contributed by atoms with van der Waals surface area (Å²) < 4.78 is 11.6. The minimum Gasteiger partial charge on any atom is -0.493 e. The average molecular weight is 507 g/mol. The van der Waals surface area contributed by atoms with E-state index >= 15 is 0 Å². The minimum absolute atomic E-state index is 0.209. The summed E-state index contributed by atoms with van der Waals surface area (Å²) >= 11 is 5.42. The van der Waals surface area contributed by atoms with Crippen LogP contribution in [-0.2, 0) is 11.2 Å². The van der Waals surface area contributed by atoms with Gasteiger partial charge < -0.3 is 19.4 Å². The molecule has 0 saturated carbocycles. The molecule has 1 amide bonds. The molecule has 0 radical (unpaired) electrons. The summed E-state index contributed by atoms with van der Waals surface area (Å²) in [7, 11) is 2.17. The van der Waals surface area contributed by atoms with Crippen molar-refractivity contribution < 1.29 is 25.9 Å². The van der Waals surface area contributed by atoms with E-state index in [0.717, 1.165) is 59.0 Å². The van der Waals surface area contributed by atoms with Crippen molar-refractivity contribution in [2.24, 2.45) is 5.92 Å². The topological polar surface area (TPSA) is 57.8 Å². The maximum Gasteiger partial charge on any atom is 0.410 e. The van der Waals surface area contributed by atoms with E-state index in [1.807, 2.05) is 42.5 Å². The molecule has 0 spiro atoms. The minimum atomic E-state index is -0.356. The van der Waals surface area contributed by atoms with Gasteiger partial charge in [0, 0.05) is 54.2 Å². The van der Waals surface area contributed by atoms with E-state index in [1.54, 1.807) is 4.90 Å². The van der Waals surface area contributed by atoms with Gasteiger partial charge in [0.1, 0.15) is 18.4 Å². The highest BCUT2D eigenvalue weighted by Crippen LogP contribution is 2.39. The first-order valence-electron chi connectivity index (χ1n) is 12.6. The van der Waals surface area contributed by atoms with Crippen LogP contribution in [0.2, 0.25) is 5.02 Å². The Kier molecular flexibility index (Phi) is 7.41. The van der Waals surface area contributed by atoms with E-state index in [2.05, 4.69) is 22.9 Å². The number of nitrogens with zero attached hydrogens (tertiary/aromatic N) is 2. The fraction of sp³-hybridized carbons (Fsp3) is 0.414. The Morgan fingerprint density at radius 1 is 1.22 bits per heavy atom. The summed E-state index contributed by atoms with van der Waals surface area (Å²) in [6, 6.07) is 13.8. The quantitative estimate of drug-likeness (QED) is 0.389. The van der Waals surface area contributed by atoms with Crippen LogP contribution in [0.15, 0.2) is 42.5 Å². The van der Waals surface area contributed by atoms with Gasteiger partial charge in [-0.3, -0.25) is 4.90 Å². The highest BCUT2D eigenvalue weighted by atomic mass is 35.5. The molecular formula is C29H33ClN3O3+. The second-order valence-corrected chi connectivity index (χ2v) is 10.3. The van der Waals surface area contributed by atoms with Gasteiger partial charge in [0.2, 0.25) is 5.02 Å².